The molecule has 0 aliphatic rings. The number of carboxylic acids is 1. The van der Waals surface area contributed by atoms with E-state index in [0.29, 0.717) is 0 Å². The molecule has 0 rings (SSSR count). The van der Waals surface area contributed by atoms with E-state index in [4.69, 9.17) is 0 Å². The Kier molecular flexibility index (Phi) is 38.7. The first kappa shape index (κ1) is 46.3. The number of unbranched alkanes of at least 4 members (excludes halogenated alkanes) is 30. The summed E-state index contributed by atoms with van der Waals surface area (Å²) < 4.78 is 1.25. The minimum Gasteiger partial charge on any atom is -0.545 e. The van der Waals surface area contributed by atoms with Crippen LogP contribution < -0.4 is 5.11 Å². The van der Waals surface area contributed by atoms with Crippen molar-refractivity contribution in [3.8, 4) is 0 Å². The molecule has 45 heavy (non-hydrogen) atoms. The van der Waals surface area contributed by atoms with Gasteiger partial charge in [0.05, 0.1) is 33.2 Å². The molecule has 270 valence electrons. The molecule has 0 unspecified atom stereocenters. The molecule has 0 aliphatic carbocycles. The molecule has 0 saturated carbocycles. The highest BCUT2D eigenvalue weighted by Crippen LogP contribution is 2.16. The van der Waals surface area contributed by atoms with E-state index in [1.165, 1.54) is 230 Å². The summed E-state index contributed by atoms with van der Waals surface area (Å²) in [6.07, 6.45) is 46.9. The topological polar surface area (TPSA) is 40.1 Å². The molecule has 0 N–H and O–H groups in total. The van der Waals surface area contributed by atoms with Crippen LogP contribution in [0.2, 0.25) is 0 Å². The van der Waals surface area contributed by atoms with E-state index in [1.54, 1.807) is 0 Å². The van der Waals surface area contributed by atoms with Crippen molar-refractivity contribution in [1.82, 2.24) is 0 Å². The Morgan fingerprint density at radius 2 is 0.578 bits per heavy atom. The lowest BCUT2D eigenvalue weighted by Crippen LogP contribution is -2.41. The van der Waals surface area contributed by atoms with Crippen molar-refractivity contribution in [2.24, 2.45) is 0 Å². The standard InChI is InChI=1S/C38H80N.C4H6O2/c1-5-7-9-11-13-15-17-19-21-23-25-27-29-31-33-35-37-39(3,4)38-36-34-32-30-28-26-24-22-20-18-16-14-12-10-8-6-2;1-3(2)4(5)6/h5-38H2,1-4H3;1H2,2H3,(H,5,6)/q+1;/p-1. The Hall–Kier alpha value is -0.830. The van der Waals surface area contributed by atoms with E-state index in [1.807, 2.05) is 0 Å². The van der Waals surface area contributed by atoms with Crippen LogP contribution in [-0.2, 0) is 4.79 Å². The largest absolute Gasteiger partial charge is 0.545 e. The fourth-order valence-electron chi connectivity index (χ4n) is 6.29. The predicted molar refractivity (Wildman–Crippen MR) is 201 cm³/mol. The number of quaternary nitrogens is 1. The molecule has 0 aromatic rings. The molecular formula is C42H85NO2. The molecule has 0 bridgehead atoms. The van der Waals surface area contributed by atoms with E-state index in [2.05, 4.69) is 34.5 Å². The van der Waals surface area contributed by atoms with Gasteiger partial charge in [0, 0.05) is 0 Å². The lowest BCUT2D eigenvalue weighted by atomic mass is 10.0. The Bertz CT molecular complexity index is 550. The Labute approximate surface area is 285 Å². The van der Waals surface area contributed by atoms with Crippen LogP contribution in [0.5, 0.6) is 0 Å². The second-order valence-corrected chi connectivity index (χ2v) is 15.1. The SMILES string of the molecule is C=C(C)C(=O)[O-].CCCCCCCCCCCCCCCCCC[N+](C)(C)CCCCCCCCCCCCCCCCCC. The van der Waals surface area contributed by atoms with Gasteiger partial charge in [0.15, 0.2) is 0 Å². The van der Waals surface area contributed by atoms with E-state index < -0.39 is 5.97 Å². The first-order valence-corrected chi connectivity index (χ1v) is 20.5. The first-order valence-electron chi connectivity index (χ1n) is 20.5. The van der Waals surface area contributed by atoms with Gasteiger partial charge in [0.2, 0.25) is 0 Å². The zero-order valence-corrected chi connectivity index (χ0v) is 32.0. The summed E-state index contributed by atoms with van der Waals surface area (Å²) in [6.45, 7) is 11.9. The maximum absolute atomic E-state index is 9.49. The molecule has 0 saturated heterocycles. The third kappa shape index (κ3) is 43.2. The molecule has 3 heteroatoms. The Balaban J connectivity index is 0. The van der Waals surface area contributed by atoms with Gasteiger partial charge in [-0.15, -0.1) is 0 Å². The van der Waals surface area contributed by atoms with Crippen molar-refractivity contribution >= 4 is 5.97 Å². The summed E-state index contributed by atoms with van der Waals surface area (Å²) in [7, 11) is 4.94. The van der Waals surface area contributed by atoms with Gasteiger partial charge >= 0.3 is 0 Å². The molecule has 0 heterocycles. The fourth-order valence-corrected chi connectivity index (χ4v) is 6.29. The molecule has 0 spiro atoms. The Morgan fingerprint density at radius 1 is 0.422 bits per heavy atom. The monoisotopic (exact) mass is 636 g/mol. The maximum Gasteiger partial charge on any atom is 0.0782 e. The summed E-state index contributed by atoms with van der Waals surface area (Å²) in [5, 5.41) is 9.49. The zero-order chi connectivity index (χ0) is 33.7. The molecule has 0 aromatic carbocycles. The van der Waals surface area contributed by atoms with Crippen molar-refractivity contribution in [3.63, 3.8) is 0 Å². The van der Waals surface area contributed by atoms with Crippen LogP contribution in [0.1, 0.15) is 226 Å². The number of carboxylic acid groups (broad SMARTS) is 1. The normalized spacial score (nSPS) is 11.4. The minimum atomic E-state index is -1.19. The molecule has 3 nitrogen and oxygen atoms in total. The van der Waals surface area contributed by atoms with Gasteiger partial charge in [-0.2, -0.15) is 0 Å². The number of carbonyl (C=O) groups is 1. The van der Waals surface area contributed by atoms with Gasteiger partial charge in [0.25, 0.3) is 0 Å². The van der Waals surface area contributed by atoms with Crippen LogP contribution in [-0.4, -0.2) is 37.6 Å². The number of rotatable bonds is 35. The number of nitrogens with zero attached hydrogens (tertiary/aromatic N) is 1. The van der Waals surface area contributed by atoms with E-state index in [-0.39, 0.29) is 5.57 Å². The van der Waals surface area contributed by atoms with Gasteiger partial charge in [-0.1, -0.05) is 200 Å². The van der Waals surface area contributed by atoms with Crippen LogP contribution in [0.15, 0.2) is 12.2 Å². The average molecular weight is 636 g/mol. The molecular weight excluding hydrogens is 550 g/mol. The number of hydrogen-bond acceptors (Lipinski definition) is 2. The van der Waals surface area contributed by atoms with Crippen molar-refractivity contribution in [2.75, 3.05) is 27.2 Å². The van der Waals surface area contributed by atoms with E-state index >= 15 is 0 Å². The van der Waals surface area contributed by atoms with Crippen LogP contribution in [0, 0.1) is 0 Å². The molecule has 0 aromatic heterocycles. The molecule has 0 fully saturated rings. The van der Waals surface area contributed by atoms with Crippen molar-refractivity contribution < 1.29 is 14.4 Å². The lowest BCUT2D eigenvalue weighted by Gasteiger charge is -2.30. The molecule has 0 atom stereocenters. The summed E-state index contributed by atoms with van der Waals surface area (Å²) >= 11 is 0. The summed E-state index contributed by atoms with van der Waals surface area (Å²) in [6, 6.07) is 0. The van der Waals surface area contributed by atoms with E-state index in [0.717, 1.165) is 0 Å². The van der Waals surface area contributed by atoms with E-state index in [9.17, 15) is 9.90 Å². The summed E-state index contributed by atoms with van der Waals surface area (Å²) in [4.78, 5) is 9.49. The summed E-state index contributed by atoms with van der Waals surface area (Å²) in [5.41, 5.74) is 0.0648. The minimum absolute atomic E-state index is 0.0648. The highest BCUT2D eigenvalue weighted by molar-refractivity contribution is 5.82. The molecule has 0 aliphatic heterocycles. The van der Waals surface area contributed by atoms with Crippen LogP contribution in [0.3, 0.4) is 0 Å². The second kappa shape index (κ2) is 37.6. The first-order chi connectivity index (χ1) is 21.8. The smallest absolute Gasteiger partial charge is 0.0782 e. The average Bonchev–Trinajstić information content (AvgIpc) is 3.00. The van der Waals surface area contributed by atoms with Gasteiger partial charge in [-0.05, 0) is 38.2 Å². The molecule has 0 amide bonds. The summed E-state index contributed by atoms with van der Waals surface area (Å²) in [5.74, 6) is -1.19. The fraction of sp³-hybridized carbons (Fsp3) is 0.929. The number of aliphatic carboxylic acids is 1. The lowest BCUT2D eigenvalue weighted by molar-refractivity contribution is -0.890. The number of carbonyl (C=O) groups excluding carboxylic acids is 1. The Morgan fingerprint density at radius 3 is 0.733 bits per heavy atom. The number of hydrogen-bond donors (Lipinski definition) is 0. The third-order valence-electron chi connectivity index (χ3n) is 9.58. The predicted octanol–water partition coefficient (Wildman–Crippen LogP) is 12.9. The van der Waals surface area contributed by atoms with Crippen LogP contribution >= 0.6 is 0 Å². The van der Waals surface area contributed by atoms with Gasteiger partial charge in [-0.3, -0.25) is 0 Å². The van der Waals surface area contributed by atoms with Crippen molar-refractivity contribution in [2.45, 2.75) is 226 Å². The van der Waals surface area contributed by atoms with Gasteiger partial charge in [-0.25, -0.2) is 0 Å². The third-order valence-corrected chi connectivity index (χ3v) is 9.58. The van der Waals surface area contributed by atoms with Crippen molar-refractivity contribution in [3.05, 3.63) is 12.2 Å². The second-order valence-electron chi connectivity index (χ2n) is 15.1. The van der Waals surface area contributed by atoms with Gasteiger partial charge in [0.1, 0.15) is 0 Å². The zero-order valence-electron chi connectivity index (χ0n) is 32.0. The van der Waals surface area contributed by atoms with Crippen LogP contribution in [0.4, 0.5) is 0 Å². The molecule has 0 radical (unpaired) electrons. The maximum atomic E-state index is 9.49. The van der Waals surface area contributed by atoms with Gasteiger partial charge < -0.3 is 14.4 Å². The highest BCUT2D eigenvalue weighted by Gasteiger charge is 2.13. The van der Waals surface area contributed by atoms with Crippen molar-refractivity contribution in [1.29, 1.82) is 0 Å². The highest BCUT2D eigenvalue weighted by atomic mass is 16.4. The quantitative estimate of drug-likeness (QED) is 0.0395. The van der Waals surface area contributed by atoms with Crippen LogP contribution in [0.25, 0.3) is 0 Å².